The number of nitrogens with zero attached hydrogens (tertiary/aromatic N) is 1. The van der Waals surface area contributed by atoms with E-state index in [2.05, 4.69) is 4.98 Å². The highest BCUT2D eigenvalue weighted by Gasteiger charge is 2.23. The summed E-state index contributed by atoms with van der Waals surface area (Å²) in [6.07, 6.45) is 2.27. The minimum absolute atomic E-state index is 0.137. The monoisotopic (exact) mass is 276 g/mol. The summed E-state index contributed by atoms with van der Waals surface area (Å²) in [5.74, 6) is -0.480. The summed E-state index contributed by atoms with van der Waals surface area (Å²) in [6, 6.07) is 4.41. The lowest BCUT2D eigenvalue weighted by atomic mass is 10.1. The second kappa shape index (κ2) is 4.31. The number of aromatic carboxylic acids is 1. The fourth-order valence-corrected chi connectivity index (χ4v) is 2.38. The topological polar surface area (TPSA) is 75.1 Å². The predicted octanol–water partition coefficient (Wildman–Crippen LogP) is 2.17. The van der Waals surface area contributed by atoms with Gasteiger partial charge in [0.15, 0.2) is 4.77 Å². The standard InChI is InChI=1S/C13H12N2O3S/c16-11-9-4-3-8(12(17)18)5-10(9)14-13(19)15(11)6-7-1-2-7/h3-5,7H,1-2,6H2,(H,14,19)(H,17,18). The summed E-state index contributed by atoms with van der Waals surface area (Å²) < 4.78 is 1.92. The van der Waals surface area contributed by atoms with Crippen LogP contribution in [-0.4, -0.2) is 20.6 Å². The zero-order valence-corrected chi connectivity index (χ0v) is 10.9. The number of carboxylic acid groups (broad SMARTS) is 1. The van der Waals surface area contributed by atoms with Crippen LogP contribution < -0.4 is 5.56 Å². The normalized spacial score (nSPS) is 14.7. The molecule has 1 heterocycles. The summed E-state index contributed by atoms with van der Waals surface area (Å²) >= 11 is 5.18. The van der Waals surface area contributed by atoms with Crippen LogP contribution in [0.25, 0.3) is 10.9 Å². The molecule has 1 saturated carbocycles. The number of fused-ring (bicyclic) bond motifs is 1. The van der Waals surface area contributed by atoms with Crippen LogP contribution in [0.1, 0.15) is 23.2 Å². The van der Waals surface area contributed by atoms with Crippen molar-refractivity contribution >= 4 is 29.1 Å². The molecule has 3 rings (SSSR count). The number of carboxylic acids is 1. The molecule has 0 atom stereocenters. The number of aromatic amines is 1. The van der Waals surface area contributed by atoms with Crippen molar-refractivity contribution in [1.82, 2.24) is 9.55 Å². The first-order valence-corrected chi connectivity index (χ1v) is 6.47. The molecule has 5 nitrogen and oxygen atoms in total. The molecule has 0 radical (unpaired) electrons. The summed E-state index contributed by atoms with van der Waals surface area (Å²) in [5.41, 5.74) is 0.460. The summed E-state index contributed by atoms with van der Waals surface area (Å²) in [4.78, 5) is 26.2. The Morgan fingerprint density at radius 1 is 1.47 bits per heavy atom. The Morgan fingerprint density at radius 2 is 2.21 bits per heavy atom. The smallest absolute Gasteiger partial charge is 0.335 e. The van der Waals surface area contributed by atoms with Gasteiger partial charge in [0.05, 0.1) is 16.5 Å². The number of aromatic nitrogens is 2. The molecule has 1 fully saturated rings. The second-order valence-electron chi connectivity index (χ2n) is 4.85. The molecule has 1 aromatic carbocycles. The molecule has 0 amide bonds. The fourth-order valence-electron chi connectivity index (χ4n) is 2.11. The molecule has 0 saturated heterocycles. The van der Waals surface area contributed by atoms with Gasteiger partial charge < -0.3 is 10.1 Å². The molecule has 19 heavy (non-hydrogen) atoms. The minimum Gasteiger partial charge on any atom is -0.478 e. The Hall–Kier alpha value is -1.95. The molecule has 1 aromatic heterocycles. The maximum Gasteiger partial charge on any atom is 0.335 e. The van der Waals surface area contributed by atoms with E-state index in [0.29, 0.717) is 28.1 Å². The van der Waals surface area contributed by atoms with Crippen molar-refractivity contribution < 1.29 is 9.90 Å². The van der Waals surface area contributed by atoms with Gasteiger partial charge in [-0.2, -0.15) is 0 Å². The highest BCUT2D eigenvalue weighted by Crippen LogP contribution is 2.30. The van der Waals surface area contributed by atoms with Gasteiger partial charge in [-0.25, -0.2) is 4.79 Å². The summed E-state index contributed by atoms with van der Waals surface area (Å²) in [7, 11) is 0. The van der Waals surface area contributed by atoms with E-state index in [1.165, 1.54) is 18.2 Å². The van der Waals surface area contributed by atoms with Crippen molar-refractivity contribution in [3.63, 3.8) is 0 Å². The summed E-state index contributed by atoms with van der Waals surface area (Å²) in [5, 5.41) is 9.41. The van der Waals surface area contributed by atoms with Crippen LogP contribution in [-0.2, 0) is 6.54 Å². The van der Waals surface area contributed by atoms with Gasteiger partial charge in [-0.3, -0.25) is 9.36 Å². The van der Waals surface area contributed by atoms with E-state index in [9.17, 15) is 9.59 Å². The highest BCUT2D eigenvalue weighted by atomic mass is 32.1. The van der Waals surface area contributed by atoms with E-state index in [4.69, 9.17) is 17.3 Å². The Labute approximate surface area is 113 Å². The lowest BCUT2D eigenvalue weighted by molar-refractivity contribution is 0.0697. The van der Waals surface area contributed by atoms with Crippen molar-refractivity contribution in [2.24, 2.45) is 5.92 Å². The zero-order chi connectivity index (χ0) is 13.6. The first-order chi connectivity index (χ1) is 9.06. The number of H-pyrrole nitrogens is 1. The van der Waals surface area contributed by atoms with E-state index in [0.717, 1.165) is 12.8 Å². The zero-order valence-electron chi connectivity index (χ0n) is 10.0. The predicted molar refractivity (Wildman–Crippen MR) is 73.1 cm³/mol. The third kappa shape index (κ3) is 2.19. The SMILES string of the molecule is O=C(O)c1ccc2c(=O)n(CC3CC3)c(=S)[nH]c2c1. The molecule has 2 N–H and O–H groups in total. The molecule has 0 aliphatic heterocycles. The van der Waals surface area contributed by atoms with E-state index in [1.807, 2.05) is 0 Å². The van der Waals surface area contributed by atoms with Crippen LogP contribution in [0, 0.1) is 10.7 Å². The van der Waals surface area contributed by atoms with Crippen LogP contribution in [0.15, 0.2) is 23.0 Å². The highest BCUT2D eigenvalue weighted by molar-refractivity contribution is 7.71. The number of benzene rings is 1. The Bertz CT molecular complexity index is 787. The molecule has 0 unspecified atom stereocenters. The number of hydrogen-bond donors (Lipinski definition) is 2. The van der Waals surface area contributed by atoms with Gasteiger partial charge >= 0.3 is 5.97 Å². The third-order valence-corrected chi connectivity index (χ3v) is 3.69. The molecule has 0 spiro atoms. The number of hydrogen-bond acceptors (Lipinski definition) is 3. The molecular weight excluding hydrogens is 264 g/mol. The van der Waals surface area contributed by atoms with Gasteiger partial charge in [0.25, 0.3) is 5.56 Å². The van der Waals surface area contributed by atoms with E-state index in [1.54, 1.807) is 4.57 Å². The Balaban J connectivity index is 2.21. The molecule has 1 aliphatic rings. The van der Waals surface area contributed by atoms with Crippen LogP contribution in [0.3, 0.4) is 0 Å². The van der Waals surface area contributed by atoms with E-state index >= 15 is 0 Å². The molecule has 98 valence electrons. The summed E-state index contributed by atoms with van der Waals surface area (Å²) in [6.45, 7) is 0.644. The van der Waals surface area contributed by atoms with Crippen molar-refractivity contribution in [2.75, 3.05) is 0 Å². The maximum absolute atomic E-state index is 12.3. The molecule has 6 heteroatoms. The average Bonchev–Trinajstić information content (AvgIpc) is 3.17. The van der Waals surface area contributed by atoms with Crippen LogP contribution in [0.5, 0.6) is 0 Å². The van der Waals surface area contributed by atoms with Crippen molar-refractivity contribution in [1.29, 1.82) is 0 Å². The first kappa shape index (κ1) is 12.1. The van der Waals surface area contributed by atoms with Gasteiger partial charge in [-0.1, -0.05) is 0 Å². The van der Waals surface area contributed by atoms with Gasteiger partial charge in [0.2, 0.25) is 0 Å². The molecule has 1 aliphatic carbocycles. The quantitative estimate of drug-likeness (QED) is 0.842. The third-order valence-electron chi connectivity index (χ3n) is 3.37. The minimum atomic E-state index is -1.02. The van der Waals surface area contributed by atoms with Gasteiger partial charge in [-0.15, -0.1) is 0 Å². The molecule has 2 aromatic rings. The first-order valence-electron chi connectivity index (χ1n) is 6.06. The number of rotatable bonds is 3. The van der Waals surface area contributed by atoms with Gasteiger partial charge in [0, 0.05) is 6.54 Å². The number of nitrogens with one attached hydrogen (secondary N) is 1. The Kier molecular flexibility index (Phi) is 2.74. The molecular formula is C13H12N2O3S. The average molecular weight is 276 g/mol. The second-order valence-corrected chi connectivity index (χ2v) is 5.24. The van der Waals surface area contributed by atoms with Crippen molar-refractivity contribution in [3.05, 3.63) is 38.9 Å². The van der Waals surface area contributed by atoms with Crippen LogP contribution in [0.4, 0.5) is 0 Å². The van der Waals surface area contributed by atoms with Crippen LogP contribution in [0.2, 0.25) is 0 Å². The van der Waals surface area contributed by atoms with Gasteiger partial charge in [0.1, 0.15) is 0 Å². The van der Waals surface area contributed by atoms with E-state index in [-0.39, 0.29) is 11.1 Å². The van der Waals surface area contributed by atoms with Gasteiger partial charge in [-0.05, 0) is 49.2 Å². The molecule has 0 bridgehead atoms. The van der Waals surface area contributed by atoms with Crippen molar-refractivity contribution in [2.45, 2.75) is 19.4 Å². The lowest BCUT2D eigenvalue weighted by Gasteiger charge is -2.07. The van der Waals surface area contributed by atoms with E-state index < -0.39 is 5.97 Å². The largest absolute Gasteiger partial charge is 0.478 e. The Morgan fingerprint density at radius 3 is 2.84 bits per heavy atom. The van der Waals surface area contributed by atoms with Crippen LogP contribution >= 0.6 is 12.2 Å². The van der Waals surface area contributed by atoms with Crippen molar-refractivity contribution in [3.8, 4) is 0 Å². The lowest BCUT2D eigenvalue weighted by Crippen LogP contribution is -2.23. The fraction of sp³-hybridized carbons (Fsp3) is 0.308. The maximum atomic E-state index is 12.3. The number of carbonyl (C=O) groups is 1.